The average molecular weight is 266 g/mol. The maximum absolute atomic E-state index is 11.9. The van der Waals surface area contributed by atoms with E-state index in [4.69, 9.17) is 16.3 Å². The van der Waals surface area contributed by atoms with Gasteiger partial charge in [-0.1, -0.05) is 36.9 Å². The lowest BCUT2D eigenvalue weighted by molar-refractivity contribution is 0.139. The van der Waals surface area contributed by atoms with Gasteiger partial charge in [0.2, 0.25) is 0 Å². The fourth-order valence-electron chi connectivity index (χ4n) is 2.25. The molecule has 3 nitrogen and oxygen atoms in total. The zero-order valence-electron chi connectivity index (χ0n) is 10.3. The van der Waals surface area contributed by atoms with Crippen molar-refractivity contribution in [3.05, 3.63) is 48.6 Å². The Morgan fingerprint density at radius 3 is 2.72 bits per heavy atom. The molecule has 0 aliphatic carbocycles. The summed E-state index contributed by atoms with van der Waals surface area (Å²) in [7, 11) is 0. The number of rotatable bonds is 4. The van der Waals surface area contributed by atoms with Crippen LogP contribution >= 0.6 is 11.6 Å². The van der Waals surface area contributed by atoms with Crippen LogP contribution in [-0.4, -0.2) is 29.0 Å². The third kappa shape index (κ3) is 2.23. The molecule has 0 radical (unpaired) electrons. The first-order chi connectivity index (χ1) is 8.69. The number of nitrogens with zero attached hydrogens (tertiary/aromatic N) is 1. The number of halogens is 1. The van der Waals surface area contributed by atoms with Crippen molar-refractivity contribution < 1.29 is 9.53 Å². The highest BCUT2D eigenvalue weighted by molar-refractivity contribution is 6.18. The van der Waals surface area contributed by atoms with Crippen LogP contribution in [0.2, 0.25) is 0 Å². The summed E-state index contributed by atoms with van der Waals surface area (Å²) in [5, 5.41) is 0. The molecule has 1 aliphatic rings. The monoisotopic (exact) mass is 265 g/mol. The third-order valence-corrected chi connectivity index (χ3v) is 3.59. The van der Waals surface area contributed by atoms with Gasteiger partial charge in [-0.3, -0.25) is 4.90 Å². The maximum Gasteiger partial charge on any atom is 0.411 e. The van der Waals surface area contributed by atoms with E-state index in [1.165, 1.54) is 0 Å². The lowest BCUT2D eigenvalue weighted by Crippen LogP contribution is -2.39. The minimum atomic E-state index is -0.332. The highest BCUT2D eigenvalue weighted by Crippen LogP contribution is 2.31. The maximum atomic E-state index is 11.9. The number of hydrogen-bond donors (Lipinski definition) is 0. The van der Waals surface area contributed by atoms with Gasteiger partial charge in [0.05, 0.1) is 12.1 Å². The molecule has 18 heavy (non-hydrogen) atoms. The molecule has 1 aromatic rings. The molecular weight excluding hydrogens is 250 g/mol. The van der Waals surface area contributed by atoms with E-state index in [9.17, 15) is 4.79 Å². The molecule has 1 aliphatic heterocycles. The van der Waals surface area contributed by atoms with Crippen LogP contribution in [0.5, 0.6) is 0 Å². The Balaban J connectivity index is 2.26. The largest absolute Gasteiger partial charge is 0.440 e. The van der Waals surface area contributed by atoms with Crippen LogP contribution < -0.4 is 0 Å². The summed E-state index contributed by atoms with van der Waals surface area (Å²) in [5.41, 5.74) is 1.06. The van der Waals surface area contributed by atoms with Crippen molar-refractivity contribution in [1.29, 1.82) is 0 Å². The van der Waals surface area contributed by atoms with Gasteiger partial charge in [0.15, 0.2) is 0 Å². The van der Waals surface area contributed by atoms with Gasteiger partial charge in [0.25, 0.3) is 0 Å². The molecule has 1 fully saturated rings. The summed E-state index contributed by atoms with van der Waals surface area (Å²) in [6.07, 6.45) is 0.964. The van der Waals surface area contributed by atoms with E-state index in [-0.39, 0.29) is 24.3 Å². The van der Waals surface area contributed by atoms with Crippen LogP contribution in [0.4, 0.5) is 4.79 Å². The fraction of sp³-hybridized carbons (Fsp3) is 0.357. The van der Waals surface area contributed by atoms with E-state index in [0.29, 0.717) is 5.88 Å². The molecule has 0 N–H and O–H groups in total. The number of carbonyl (C=O) groups excluding carboxylic acids is 1. The number of cyclic esters (lactones) is 1. The quantitative estimate of drug-likeness (QED) is 0.617. The van der Waals surface area contributed by atoms with Crippen LogP contribution in [0.1, 0.15) is 18.5 Å². The molecule has 0 saturated carbocycles. The minimum Gasteiger partial charge on any atom is -0.440 e. The van der Waals surface area contributed by atoms with Gasteiger partial charge in [-0.05, 0) is 18.6 Å². The lowest BCUT2D eigenvalue weighted by Gasteiger charge is -2.28. The lowest BCUT2D eigenvalue weighted by atomic mass is 10.0. The van der Waals surface area contributed by atoms with E-state index in [1.54, 1.807) is 11.0 Å². The normalized spacial score (nSPS) is 24.8. The minimum absolute atomic E-state index is 0.0626. The summed E-state index contributed by atoms with van der Waals surface area (Å²) >= 11 is 5.95. The fourth-order valence-corrected chi connectivity index (χ4v) is 2.58. The Labute approximate surface area is 112 Å². The van der Waals surface area contributed by atoms with Crippen molar-refractivity contribution in [2.75, 3.05) is 5.88 Å². The average Bonchev–Trinajstić information content (AvgIpc) is 2.74. The molecule has 4 heteroatoms. The van der Waals surface area contributed by atoms with Crippen molar-refractivity contribution in [3.63, 3.8) is 0 Å². The molecule has 3 atom stereocenters. The Morgan fingerprint density at radius 1 is 1.50 bits per heavy atom. The second-order valence-electron chi connectivity index (χ2n) is 4.30. The van der Waals surface area contributed by atoms with Crippen molar-refractivity contribution in [2.24, 2.45) is 0 Å². The molecule has 2 rings (SSSR count). The molecule has 0 unspecified atom stereocenters. The van der Waals surface area contributed by atoms with E-state index < -0.39 is 0 Å². The highest BCUT2D eigenvalue weighted by Gasteiger charge is 2.42. The van der Waals surface area contributed by atoms with Crippen molar-refractivity contribution in [1.82, 2.24) is 4.90 Å². The van der Waals surface area contributed by atoms with Gasteiger partial charge < -0.3 is 4.74 Å². The summed E-state index contributed by atoms with van der Waals surface area (Å²) in [6, 6.07) is 9.61. The second kappa shape index (κ2) is 5.44. The predicted octanol–water partition coefficient (Wildman–Crippen LogP) is 3.36. The Morgan fingerprint density at radius 2 is 2.17 bits per heavy atom. The number of benzene rings is 1. The highest BCUT2D eigenvalue weighted by atomic mass is 35.5. The van der Waals surface area contributed by atoms with E-state index in [2.05, 4.69) is 6.58 Å². The second-order valence-corrected chi connectivity index (χ2v) is 4.61. The van der Waals surface area contributed by atoms with Crippen LogP contribution in [0.15, 0.2) is 43.0 Å². The zero-order valence-corrected chi connectivity index (χ0v) is 11.0. The number of hydrogen-bond acceptors (Lipinski definition) is 2. The first kappa shape index (κ1) is 13.0. The van der Waals surface area contributed by atoms with E-state index >= 15 is 0 Å². The predicted molar refractivity (Wildman–Crippen MR) is 71.7 cm³/mol. The number of amides is 1. The Kier molecular flexibility index (Phi) is 3.92. The molecule has 0 aromatic heterocycles. The number of carbonyl (C=O) groups is 1. The molecule has 1 heterocycles. The summed E-state index contributed by atoms with van der Waals surface area (Å²) < 4.78 is 5.25. The van der Waals surface area contributed by atoms with Crippen LogP contribution in [0, 0.1) is 0 Å². The molecular formula is C14H16ClNO2. The molecule has 1 aromatic carbocycles. The molecule has 0 spiro atoms. The van der Waals surface area contributed by atoms with Crippen molar-refractivity contribution in [2.45, 2.75) is 25.1 Å². The molecule has 0 bridgehead atoms. The number of alkyl halides is 1. The first-order valence-electron chi connectivity index (χ1n) is 5.91. The van der Waals surface area contributed by atoms with Crippen molar-refractivity contribution >= 4 is 17.7 Å². The Bertz CT molecular complexity index is 435. The van der Waals surface area contributed by atoms with Gasteiger partial charge in [-0.25, -0.2) is 4.79 Å². The SMILES string of the molecule is C=C[C@@H]1OC(=O)N([C@H](C)c2ccccc2)[C@H]1CCl. The Hall–Kier alpha value is -1.48. The van der Waals surface area contributed by atoms with E-state index in [0.717, 1.165) is 5.56 Å². The topological polar surface area (TPSA) is 29.5 Å². The third-order valence-electron chi connectivity index (χ3n) is 3.27. The van der Waals surface area contributed by atoms with Crippen LogP contribution in [-0.2, 0) is 4.74 Å². The van der Waals surface area contributed by atoms with E-state index in [1.807, 2.05) is 37.3 Å². The molecule has 1 amide bonds. The smallest absolute Gasteiger partial charge is 0.411 e. The molecule has 96 valence electrons. The standard InChI is InChI=1S/C14H16ClNO2/c1-3-13-12(9-15)16(14(17)18-13)10(2)11-7-5-4-6-8-11/h3-8,10,12-13H,1,9H2,2H3/t10-,12+,13+/m1/s1. The summed E-state index contributed by atoms with van der Waals surface area (Å²) in [4.78, 5) is 13.6. The van der Waals surface area contributed by atoms with Gasteiger partial charge >= 0.3 is 6.09 Å². The van der Waals surface area contributed by atoms with Crippen LogP contribution in [0.25, 0.3) is 0 Å². The van der Waals surface area contributed by atoms with Gasteiger partial charge in [-0.2, -0.15) is 0 Å². The zero-order chi connectivity index (χ0) is 13.1. The van der Waals surface area contributed by atoms with Gasteiger partial charge in [-0.15, -0.1) is 11.6 Å². The van der Waals surface area contributed by atoms with Gasteiger partial charge in [0, 0.05) is 5.88 Å². The summed E-state index contributed by atoms with van der Waals surface area (Å²) in [5.74, 6) is 0.333. The van der Waals surface area contributed by atoms with Crippen LogP contribution in [0.3, 0.4) is 0 Å². The molecule has 1 saturated heterocycles. The summed E-state index contributed by atoms with van der Waals surface area (Å²) in [6.45, 7) is 5.65. The number of ether oxygens (including phenoxy) is 1. The first-order valence-corrected chi connectivity index (χ1v) is 6.45. The van der Waals surface area contributed by atoms with Gasteiger partial charge in [0.1, 0.15) is 6.10 Å². The van der Waals surface area contributed by atoms with Crippen molar-refractivity contribution in [3.8, 4) is 0 Å².